The van der Waals surface area contributed by atoms with Crippen molar-refractivity contribution in [1.82, 2.24) is 0 Å². The number of hydrogen-bond donors (Lipinski definition) is 1. The van der Waals surface area contributed by atoms with Gasteiger partial charge in [-0.1, -0.05) is 28.1 Å². The molecule has 0 saturated heterocycles. The summed E-state index contributed by atoms with van der Waals surface area (Å²) in [7, 11) is 0. The summed E-state index contributed by atoms with van der Waals surface area (Å²) in [5.74, 6) is -11.9. The molecule has 0 aliphatic rings. The molecule has 0 heterocycles. The Labute approximate surface area is 179 Å². The minimum absolute atomic E-state index is 0.131. The first-order valence-electron chi connectivity index (χ1n) is 8.52. The van der Waals surface area contributed by atoms with E-state index in [9.17, 15) is 40.3 Å². The number of benzene rings is 2. The molecule has 1 N–H and O–H groups in total. The molecule has 2 aromatic rings. The predicted molar refractivity (Wildman–Crippen MR) is 98.1 cm³/mol. The van der Waals surface area contributed by atoms with E-state index in [0.717, 1.165) is 0 Å². The Balaban J connectivity index is 2.29. The van der Waals surface area contributed by atoms with Crippen LogP contribution < -0.4 is 5.32 Å². The molecule has 168 valence electrons. The minimum atomic E-state index is -5.69. The molecular formula is C19H13BrF7NO3. The van der Waals surface area contributed by atoms with Gasteiger partial charge in [-0.25, -0.2) is 17.6 Å². The minimum Gasteiger partial charge on any atom is -0.466 e. The SMILES string of the molecule is CCOC(=O)Cc1ccc(Br)c(CC(=O)Nc2c(F)c(F)c(C(F)(F)F)c(F)c2F)c1. The lowest BCUT2D eigenvalue weighted by molar-refractivity contribution is -0.143. The highest BCUT2D eigenvalue weighted by molar-refractivity contribution is 9.10. The zero-order valence-electron chi connectivity index (χ0n) is 15.6. The Kier molecular flexibility index (Phi) is 7.68. The molecule has 31 heavy (non-hydrogen) atoms. The third-order valence-corrected chi connectivity index (χ3v) is 4.70. The third kappa shape index (κ3) is 5.75. The predicted octanol–water partition coefficient (Wildman–Crippen LogP) is 5.31. The quantitative estimate of drug-likeness (QED) is 0.322. The molecule has 2 aromatic carbocycles. The van der Waals surface area contributed by atoms with Crippen molar-refractivity contribution in [3.63, 3.8) is 0 Å². The largest absolute Gasteiger partial charge is 0.466 e. The summed E-state index contributed by atoms with van der Waals surface area (Å²) >= 11 is 3.14. The summed E-state index contributed by atoms with van der Waals surface area (Å²) in [6.45, 7) is 1.77. The van der Waals surface area contributed by atoms with Crippen molar-refractivity contribution < 1.29 is 45.1 Å². The smallest absolute Gasteiger partial charge is 0.422 e. The fraction of sp³-hybridized carbons (Fsp3) is 0.263. The van der Waals surface area contributed by atoms with Crippen LogP contribution in [0.15, 0.2) is 22.7 Å². The molecule has 0 atom stereocenters. The van der Waals surface area contributed by atoms with Crippen molar-refractivity contribution in [2.75, 3.05) is 11.9 Å². The maximum absolute atomic E-state index is 13.9. The van der Waals surface area contributed by atoms with E-state index in [-0.39, 0.29) is 18.6 Å². The second-order valence-corrected chi connectivity index (χ2v) is 6.99. The van der Waals surface area contributed by atoms with Crippen LogP contribution in [0, 0.1) is 23.3 Å². The van der Waals surface area contributed by atoms with E-state index in [1.807, 2.05) is 0 Å². The Morgan fingerprint density at radius 3 is 2.10 bits per heavy atom. The zero-order chi connectivity index (χ0) is 23.5. The lowest BCUT2D eigenvalue weighted by Gasteiger charge is -2.15. The van der Waals surface area contributed by atoms with Crippen LogP contribution in [-0.2, 0) is 33.3 Å². The van der Waals surface area contributed by atoms with Gasteiger partial charge in [0.25, 0.3) is 0 Å². The van der Waals surface area contributed by atoms with Gasteiger partial charge in [0.2, 0.25) is 5.91 Å². The van der Waals surface area contributed by atoms with Crippen molar-refractivity contribution >= 4 is 33.5 Å². The van der Waals surface area contributed by atoms with Gasteiger partial charge in [0, 0.05) is 4.47 Å². The van der Waals surface area contributed by atoms with Crippen molar-refractivity contribution in [3.8, 4) is 0 Å². The number of ether oxygens (including phenoxy) is 1. The molecule has 0 spiro atoms. The van der Waals surface area contributed by atoms with E-state index in [1.54, 1.807) is 18.3 Å². The van der Waals surface area contributed by atoms with Gasteiger partial charge in [0.1, 0.15) is 11.3 Å². The van der Waals surface area contributed by atoms with Gasteiger partial charge in [-0.05, 0) is 24.1 Å². The highest BCUT2D eigenvalue weighted by Crippen LogP contribution is 2.38. The van der Waals surface area contributed by atoms with Gasteiger partial charge in [-0.15, -0.1) is 0 Å². The van der Waals surface area contributed by atoms with E-state index in [1.165, 1.54) is 12.1 Å². The molecular weight excluding hydrogens is 503 g/mol. The summed E-state index contributed by atoms with van der Waals surface area (Å²) in [6.07, 6.45) is -6.41. The van der Waals surface area contributed by atoms with Crippen molar-refractivity contribution in [2.24, 2.45) is 0 Å². The molecule has 4 nitrogen and oxygen atoms in total. The van der Waals surface area contributed by atoms with E-state index < -0.39 is 59.0 Å². The number of carbonyl (C=O) groups is 2. The maximum Gasteiger partial charge on any atom is 0.422 e. The maximum atomic E-state index is 13.9. The van der Waals surface area contributed by atoms with Crippen molar-refractivity contribution in [1.29, 1.82) is 0 Å². The molecule has 0 fully saturated rings. The topological polar surface area (TPSA) is 55.4 Å². The number of rotatable bonds is 6. The molecule has 0 radical (unpaired) electrons. The highest BCUT2D eigenvalue weighted by Gasteiger charge is 2.42. The van der Waals surface area contributed by atoms with Crippen LogP contribution in [0.1, 0.15) is 23.6 Å². The number of amides is 1. The van der Waals surface area contributed by atoms with Crippen molar-refractivity contribution in [2.45, 2.75) is 25.9 Å². The van der Waals surface area contributed by atoms with Crippen LogP contribution in [0.3, 0.4) is 0 Å². The fourth-order valence-electron chi connectivity index (χ4n) is 2.60. The number of carbonyl (C=O) groups excluding carboxylic acids is 2. The van der Waals surface area contributed by atoms with Crippen molar-refractivity contribution in [3.05, 3.63) is 62.6 Å². The zero-order valence-corrected chi connectivity index (χ0v) is 17.2. The summed E-state index contributed by atoms with van der Waals surface area (Å²) < 4.78 is 98.3. The average molecular weight is 516 g/mol. The van der Waals surface area contributed by atoms with Gasteiger partial charge < -0.3 is 10.1 Å². The standard InChI is InChI=1S/C19H13BrF7NO3/c1-2-31-12(30)6-8-3-4-10(20)9(5-8)7-11(29)28-18-16(23)14(21)13(19(25,26)27)15(22)17(18)24/h3-5H,2,6-7H2,1H3,(H,28,29). The summed E-state index contributed by atoms with van der Waals surface area (Å²) in [5.41, 5.74) is -3.76. The number of anilines is 1. The number of nitrogens with one attached hydrogen (secondary N) is 1. The molecule has 0 saturated carbocycles. The molecule has 0 unspecified atom stereocenters. The fourth-order valence-corrected chi connectivity index (χ4v) is 2.99. The van der Waals surface area contributed by atoms with Gasteiger partial charge in [-0.2, -0.15) is 13.2 Å². The molecule has 1 amide bonds. The number of hydrogen-bond acceptors (Lipinski definition) is 3. The molecule has 0 bridgehead atoms. The second kappa shape index (κ2) is 9.67. The molecule has 12 heteroatoms. The molecule has 0 aromatic heterocycles. The Morgan fingerprint density at radius 1 is 1.00 bits per heavy atom. The number of halogens is 8. The number of alkyl halides is 3. The second-order valence-electron chi connectivity index (χ2n) is 6.14. The Hall–Kier alpha value is -2.63. The first-order chi connectivity index (χ1) is 14.4. The monoisotopic (exact) mass is 515 g/mol. The van der Waals surface area contributed by atoms with Gasteiger partial charge >= 0.3 is 12.1 Å². The Bertz CT molecular complexity index is 996. The van der Waals surface area contributed by atoms with E-state index in [4.69, 9.17) is 4.74 Å². The molecule has 2 rings (SSSR count). The van der Waals surface area contributed by atoms with E-state index in [0.29, 0.717) is 10.0 Å². The van der Waals surface area contributed by atoms with Crippen LogP contribution in [0.4, 0.5) is 36.4 Å². The first kappa shape index (κ1) is 24.6. The Morgan fingerprint density at radius 2 is 1.58 bits per heavy atom. The lowest BCUT2D eigenvalue weighted by Crippen LogP contribution is -2.21. The molecule has 0 aliphatic heterocycles. The number of esters is 1. The average Bonchev–Trinajstić information content (AvgIpc) is 2.65. The summed E-state index contributed by atoms with van der Waals surface area (Å²) in [6, 6.07) is 4.43. The van der Waals surface area contributed by atoms with E-state index in [2.05, 4.69) is 15.9 Å². The van der Waals surface area contributed by atoms with E-state index >= 15 is 0 Å². The van der Waals surface area contributed by atoms with Gasteiger partial charge in [0.05, 0.1) is 19.4 Å². The normalized spacial score (nSPS) is 11.4. The van der Waals surface area contributed by atoms with Crippen LogP contribution >= 0.6 is 15.9 Å². The third-order valence-electron chi connectivity index (χ3n) is 3.93. The summed E-state index contributed by atoms with van der Waals surface area (Å²) in [4.78, 5) is 23.7. The van der Waals surface area contributed by atoms with Crippen LogP contribution in [-0.4, -0.2) is 18.5 Å². The molecule has 0 aliphatic carbocycles. The highest BCUT2D eigenvalue weighted by atomic mass is 79.9. The van der Waals surface area contributed by atoms with Crippen LogP contribution in [0.2, 0.25) is 0 Å². The van der Waals surface area contributed by atoms with Gasteiger partial charge in [0.15, 0.2) is 23.3 Å². The summed E-state index contributed by atoms with van der Waals surface area (Å²) in [5, 5.41) is 1.55. The van der Waals surface area contributed by atoms with Crippen LogP contribution in [0.25, 0.3) is 0 Å². The lowest BCUT2D eigenvalue weighted by atomic mass is 10.1. The van der Waals surface area contributed by atoms with Crippen LogP contribution in [0.5, 0.6) is 0 Å². The first-order valence-corrected chi connectivity index (χ1v) is 9.32. The van der Waals surface area contributed by atoms with Gasteiger partial charge in [-0.3, -0.25) is 9.59 Å².